The smallest absolute Gasteiger partial charge is 0.0496 e. The summed E-state index contributed by atoms with van der Waals surface area (Å²) in [5, 5.41) is 9.13. The van der Waals surface area contributed by atoms with E-state index < -0.39 is 0 Å². The highest BCUT2D eigenvalue weighted by Crippen LogP contribution is 2.64. The molecule has 0 saturated heterocycles. The van der Waals surface area contributed by atoms with Gasteiger partial charge in [0.25, 0.3) is 0 Å². The molecule has 0 aliphatic heterocycles. The third kappa shape index (κ3) is 0.957. The summed E-state index contributed by atoms with van der Waals surface area (Å²) in [7, 11) is 0. The molecule has 1 heteroatoms. The molecule has 0 amide bonds. The van der Waals surface area contributed by atoms with Gasteiger partial charge in [-0.3, -0.25) is 0 Å². The van der Waals surface area contributed by atoms with Crippen LogP contribution in [0.3, 0.4) is 0 Å². The van der Waals surface area contributed by atoms with Crippen LogP contribution in [0.4, 0.5) is 0 Å². The van der Waals surface area contributed by atoms with Crippen LogP contribution >= 0.6 is 0 Å². The normalized spacial score (nSPS) is 43.3. The second-order valence-corrected chi connectivity index (χ2v) is 4.98. The van der Waals surface area contributed by atoms with Gasteiger partial charge in [0.15, 0.2) is 0 Å². The molecule has 2 aliphatic carbocycles. The highest BCUT2D eigenvalue weighted by molar-refractivity contribution is 5.24. The maximum atomic E-state index is 9.13. The predicted octanol–water partition coefficient (Wildman–Crippen LogP) is 2.22. The molecule has 2 aliphatic rings. The monoisotopic (exact) mass is 166 g/mol. The number of rotatable bonds is 1. The minimum atomic E-state index is 0.335. The third-order valence-electron chi connectivity index (χ3n) is 3.98. The topological polar surface area (TPSA) is 20.2 Å². The summed E-state index contributed by atoms with van der Waals surface area (Å²) in [6.07, 6.45) is 3.59. The fourth-order valence-corrected chi connectivity index (χ4v) is 2.70. The Balaban J connectivity index is 2.16. The fourth-order valence-electron chi connectivity index (χ4n) is 2.70. The van der Waals surface area contributed by atoms with Gasteiger partial charge in [-0.25, -0.2) is 0 Å². The Hall–Kier alpha value is -0.300. The van der Waals surface area contributed by atoms with Crippen molar-refractivity contribution >= 4 is 0 Å². The standard InChI is InChI=1S/C11H18O/c1-7-4-9-10(11(9,2)3)5-8(7)6-12/h4,8-10,12H,5-6H2,1-3H3/t8-,9-,10+/m1/s1. The predicted molar refractivity (Wildman–Crippen MR) is 49.7 cm³/mol. The van der Waals surface area contributed by atoms with E-state index in [2.05, 4.69) is 26.8 Å². The van der Waals surface area contributed by atoms with Crippen LogP contribution in [0.15, 0.2) is 11.6 Å². The summed E-state index contributed by atoms with van der Waals surface area (Å²) in [6.45, 7) is 7.17. The van der Waals surface area contributed by atoms with E-state index in [0.717, 1.165) is 11.8 Å². The molecule has 0 spiro atoms. The fraction of sp³-hybridized carbons (Fsp3) is 0.818. The largest absolute Gasteiger partial charge is 0.396 e. The van der Waals surface area contributed by atoms with Crippen LogP contribution in [0.2, 0.25) is 0 Å². The SMILES string of the molecule is CC1=C[C@@H]2[C@H](C[C@@H]1CO)C2(C)C. The van der Waals surface area contributed by atoms with Gasteiger partial charge in [0.05, 0.1) is 0 Å². The average Bonchev–Trinajstić information content (AvgIpc) is 2.52. The van der Waals surface area contributed by atoms with E-state index >= 15 is 0 Å². The molecule has 0 bridgehead atoms. The molecule has 0 heterocycles. The second-order valence-electron chi connectivity index (χ2n) is 4.98. The van der Waals surface area contributed by atoms with Crippen molar-refractivity contribution < 1.29 is 5.11 Å². The summed E-state index contributed by atoms with van der Waals surface area (Å²) in [6, 6.07) is 0. The van der Waals surface area contributed by atoms with Gasteiger partial charge in [-0.2, -0.15) is 0 Å². The van der Waals surface area contributed by atoms with Gasteiger partial charge in [-0.15, -0.1) is 0 Å². The molecule has 0 aromatic carbocycles. The Labute approximate surface area is 74.5 Å². The van der Waals surface area contributed by atoms with Crippen LogP contribution in [0, 0.1) is 23.2 Å². The third-order valence-corrected chi connectivity index (χ3v) is 3.98. The Bertz CT molecular complexity index is 227. The lowest BCUT2D eigenvalue weighted by molar-refractivity contribution is 0.227. The molecule has 0 unspecified atom stereocenters. The molecule has 0 aromatic heterocycles. The van der Waals surface area contributed by atoms with Gasteiger partial charge in [-0.1, -0.05) is 25.5 Å². The number of aliphatic hydroxyl groups is 1. The van der Waals surface area contributed by atoms with Gasteiger partial charge in [-0.05, 0) is 30.6 Å². The van der Waals surface area contributed by atoms with Gasteiger partial charge in [0.1, 0.15) is 0 Å². The maximum absolute atomic E-state index is 9.13. The minimum absolute atomic E-state index is 0.335. The first kappa shape index (κ1) is 8.31. The van der Waals surface area contributed by atoms with Crippen molar-refractivity contribution in [3.63, 3.8) is 0 Å². The molecule has 12 heavy (non-hydrogen) atoms. The molecule has 1 fully saturated rings. The molecule has 0 aromatic rings. The van der Waals surface area contributed by atoms with E-state index in [1.54, 1.807) is 0 Å². The average molecular weight is 166 g/mol. The first-order chi connectivity index (χ1) is 5.57. The van der Waals surface area contributed by atoms with Gasteiger partial charge in [0.2, 0.25) is 0 Å². The van der Waals surface area contributed by atoms with Gasteiger partial charge >= 0.3 is 0 Å². The number of allylic oxidation sites excluding steroid dienone is 1. The zero-order valence-electron chi connectivity index (χ0n) is 8.17. The molecule has 3 atom stereocenters. The number of fused-ring (bicyclic) bond motifs is 1. The number of aliphatic hydroxyl groups excluding tert-OH is 1. The van der Waals surface area contributed by atoms with Crippen LogP contribution in [-0.4, -0.2) is 11.7 Å². The number of hydrogen-bond acceptors (Lipinski definition) is 1. The van der Waals surface area contributed by atoms with Crippen molar-refractivity contribution in [3.05, 3.63) is 11.6 Å². The van der Waals surface area contributed by atoms with E-state index in [1.165, 1.54) is 12.0 Å². The zero-order chi connectivity index (χ0) is 8.93. The van der Waals surface area contributed by atoms with Crippen molar-refractivity contribution in [2.75, 3.05) is 6.61 Å². The second kappa shape index (κ2) is 2.35. The Morgan fingerprint density at radius 2 is 2.25 bits per heavy atom. The quantitative estimate of drug-likeness (QED) is 0.592. The van der Waals surface area contributed by atoms with Crippen molar-refractivity contribution in [2.24, 2.45) is 23.2 Å². The van der Waals surface area contributed by atoms with Crippen molar-refractivity contribution in [1.29, 1.82) is 0 Å². The lowest BCUT2D eigenvalue weighted by atomic mass is 9.89. The van der Waals surface area contributed by atoms with E-state index in [9.17, 15) is 0 Å². The molecule has 1 N–H and O–H groups in total. The first-order valence-corrected chi connectivity index (χ1v) is 4.86. The lowest BCUT2D eigenvalue weighted by Gasteiger charge is -2.18. The Morgan fingerprint density at radius 3 is 2.83 bits per heavy atom. The molecule has 2 rings (SSSR count). The van der Waals surface area contributed by atoms with Crippen LogP contribution in [0.5, 0.6) is 0 Å². The van der Waals surface area contributed by atoms with E-state index in [0.29, 0.717) is 17.9 Å². The maximum Gasteiger partial charge on any atom is 0.0496 e. The first-order valence-electron chi connectivity index (χ1n) is 4.86. The summed E-state index contributed by atoms with van der Waals surface area (Å²) in [4.78, 5) is 0. The van der Waals surface area contributed by atoms with E-state index in [4.69, 9.17) is 5.11 Å². The Morgan fingerprint density at radius 1 is 1.58 bits per heavy atom. The van der Waals surface area contributed by atoms with Crippen molar-refractivity contribution in [1.82, 2.24) is 0 Å². The van der Waals surface area contributed by atoms with E-state index in [-0.39, 0.29) is 0 Å². The van der Waals surface area contributed by atoms with Crippen molar-refractivity contribution in [3.8, 4) is 0 Å². The molecule has 0 radical (unpaired) electrons. The highest BCUT2D eigenvalue weighted by Gasteiger charge is 2.58. The van der Waals surface area contributed by atoms with Gasteiger partial charge in [0, 0.05) is 12.5 Å². The highest BCUT2D eigenvalue weighted by atomic mass is 16.3. The summed E-state index contributed by atoms with van der Waals surface area (Å²) in [5.41, 5.74) is 1.93. The minimum Gasteiger partial charge on any atom is -0.396 e. The summed E-state index contributed by atoms with van der Waals surface area (Å²) in [5.74, 6) is 2.10. The van der Waals surface area contributed by atoms with Crippen LogP contribution in [0.25, 0.3) is 0 Å². The molecule has 1 saturated carbocycles. The lowest BCUT2D eigenvalue weighted by Crippen LogP contribution is -2.12. The molecule has 68 valence electrons. The molecular weight excluding hydrogens is 148 g/mol. The Kier molecular flexibility index (Phi) is 1.63. The molecule has 1 nitrogen and oxygen atoms in total. The van der Waals surface area contributed by atoms with Crippen molar-refractivity contribution in [2.45, 2.75) is 27.2 Å². The van der Waals surface area contributed by atoms with Crippen LogP contribution in [-0.2, 0) is 0 Å². The summed E-state index contributed by atoms with van der Waals surface area (Å²) >= 11 is 0. The molecular formula is C11H18O. The van der Waals surface area contributed by atoms with E-state index in [1.807, 2.05) is 0 Å². The number of hydrogen-bond donors (Lipinski definition) is 1. The summed E-state index contributed by atoms with van der Waals surface area (Å²) < 4.78 is 0. The van der Waals surface area contributed by atoms with Gasteiger partial charge < -0.3 is 5.11 Å². The van der Waals surface area contributed by atoms with Crippen LogP contribution in [0.1, 0.15) is 27.2 Å². The van der Waals surface area contributed by atoms with Crippen LogP contribution < -0.4 is 0 Å². The zero-order valence-corrected chi connectivity index (χ0v) is 8.17.